The Kier molecular flexibility index (Phi) is 5.28. The second-order valence-electron chi connectivity index (χ2n) is 7.68. The maximum Gasteiger partial charge on any atom is 0.272 e. The summed E-state index contributed by atoms with van der Waals surface area (Å²) in [5, 5.41) is 4.35. The fourth-order valence-corrected chi connectivity index (χ4v) is 4.32. The highest BCUT2D eigenvalue weighted by Crippen LogP contribution is 2.35. The highest BCUT2D eigenvalue weighted by atomic mass is 16.2. The fourth-order valence-electron chi connectivity index (χ4n) is 4.32. The normalized spacial score (nSPS) is 19.5. The third-order valence-corrected chi connectivity index (χ3v) is 5.77. The molecule has 0 unspecified atom stereocenters. The maximum atomic E-state index is 13.4. The average Bonchev–Trinajstić information content (AvgIpc) is 3.35. The Balaban J connectivity index is 1.52. The first-order valence-corrected chi connectivity index (χ1v) is 9.96. The maximum absolute atomic E-state index is 13.4. The van der Waals surface area contributed by atoms with Gasteiger partial charge in [-0.05, 0) is 50.2 Å². The largest absolute Gasteiger partial charge is 0.347 e. The minimum atomic E-state index is 0.0302. The summed E-state index contributed by atoms with van der Waals surface area (Å²) in [5.41, 5.74) is 2.90. The van der Waals surface area contributed by atoms with Gasteiger partial charge in [0.05, 0.1) is 12.2 Å². The summed E-state index contributed by atoms with van der Waals surface area (Å²) in [7, 11) is 1.83. The van der Waals surface area contributed by atoms with Gasteiger partial charge >= 0.3 is 0 Å². The van der Waals surface area contributed by atoms with E-state index in [1.807, 2.05) is 24.9 Å². The molecule has 146 valence electrons. The molecule has 1 aromatic carbocycles. The van der Waals surface area contributed by atoms with E-state index < -0.39 is 0 Å². The second-order valence-corrected chi connectivity index (χ2v) is 7.68. The lowest BCUT2D eigenvalue weighted by atomic mass is 9.81. The molecule has 2 aromatic heterocycles. The molecule has 0 atom stereocenters. The zero-order chi connectivity index (χ0) is 19.5. The van der Waals surface area contributed by atoms with E-state index >= 15 is 0 Å². The molecule has 1 amide bonds. The molecule has 4 rings (SSSR count). The molecular weight excluding hydrogens is 350 g/mol. The van der Waals surface area contributed by atoms with E-state index in [1.54, 1.807) is 17.1 Å². The molecule has 28 heavy (non-hydrogen) atoms. The molecule has 6 heteroatoms. The van der Waals surface area contributed by atoms with Crippen molar-refractivity contribution in [1.29, 1.82) is 0 Å². The molecule has 0 saturated heterocycles. The summed E-state index contributed by atoms with van der Waals surface area (Å²) in [6.07, 6.45) is 7.74. The van der Waals surface area contributed by atoms with E-state index in [2.05, 4.69) is 45.4 Å². The number of aromatic amines is 1. The van der Waals surface area contributed by atoms with Crippen LogP contribution in [0, 0.1) is 6.92 Å². The summed E-state index contributed by atoms with van der Waals surface area (Å²) in [5.74, 6) is 1.43. The molecule has 0 spiro atoms. The van der Waals surface area contributed by atoms with Crippen molar-refractivity contribution in [2.45, 2.75) is 51.1 Å². The Hall–Kier alpha value is -2.89. The molecule has 0 aliphatic heterocycles. The number of aryl methyl sites for hydroxylation is 2. The number of carbonyl (C=O) groups excluding carboxylic acids is 1. The summed E-state index contributed by atoms with van der Waals surface area (Å²) >= 11 is 0. The minimum Gasteiger partial charge on any atom is -0.347 e. The van der Waals surface area contributed by atoms with Crippen molar-refractivity contribution in [1.82, 2.24) is 24.6 Å². The van der Waals surface area contributed by atoms with Gasteiger partial charge in [0.25, 0.3) is 5.91 Å². The summed E-state index contributed by atoms with van der Waals surface area (Å²) in [4.78, 5) is 22.8. The van der Waals surface area contributed by atoms with Gasteiger partial charge in [0.2, 0.25) is 0 Å². The van der Waals surface area contributed by atoms with Crippen LogP contribution in [0.1, 0.15) is 59.2 Å². The number of H-pyrrole nitrogens is 1. The number of nitrogens with zero attached hydrogens (tertiary/aromatic N) is 4. The number of carbonyl (C=O) groups is 1. The number of imidazole rings is 1. The van der Waals surface area contributed by atoms with Crippen molar-refractivity contribution in [3.05, 3.63) is 71.6 Å². The van der Waals surface area contributed by atoms with Crippen molar-refractivity contribution in [3.63, 3.8) is 0 Å². The zero-order valence-electron chi connectivity index (χ0n) is 16.5. The highest BCUT2D eigenvalue weighted by Gasteiger charge is 2.31. The van der Waals surface area contributed by atoms with E-state index in [-0.39, 0.29) is 11.9 Å². The Morgan fingerprint density at radius 1 is 1.21 bits per heavy atom. The van der Waals surface area contributed by atoms with Crippen LogP contribution < -0.4 is 0 Å². The van der Waals surface area contributed by atoms with Crippen LogP contribution in [-0.4, -0.2) is 36.6 Å². The standard InChI is InChI=1S/C22H27N5O/c1-16-14-20(26(2)25-16)22(28)27(15-21-23-12-13-24-21)19-10-8-18(9-11-19)17-6-4-3-5-7-17/h3-7,12-14,18-19H,8-11,15H2,1-2H3,(H,23,24). The SMILES string of the molecule is Cc1cc(C(=O)N(Cc2ncc[nH]2)C2CCC(c3ccccc3)CC2)n(C)n1. The van der Waals surface area contributed by atoms with E-state index in [0.717, 1.165) is 37.2 Å². The molecule has 6 nitrogen and oxygen atoms in total. The number of amides is 1. The topological polar surface area (TPSA) is 66.8 Å². The van der Waals surface area contributed by atoms with E-state index in [1.165, 1.54) is 5.56 Å². The smallest absolute Gasteiger partial charge is 0.272 e. The van der Waals surface area contributed by atoms with Crippen LogP contribution >= 0.6 is 0 Å². The fraction of sp³-hybridized carbons (Fsp3) is 0.409. The first kappa shape index (κ1) is 18.5. The van der Waals surface area contributed by atoms with Gasteiger partial charge in [-0.3, -0.25) is 9.48 Å². The van der Waals surface area contributed by atoms with Crippen molar-refractivity contribution >= 4 is 5.91 Å². The highest BCUT2D eigenvalue weighted by molar-refractivity contribution is 5.92. The van der Waals surface area contributed by atoms with Crippen LogP contribution in [0.4, 0.5) is 0 Å². The average molecular weight is 377 g/mol. The molecule has 1 fully saturated rings. The minimum absolute atomic E-state index is 0.0302. The lowest BCUT2D eigenvalue weighted by Gasteiger charge is -2.36. The molecule has 3 aromatic rings. The van der Waals surface area contributed by atoms with Gasteiger partial charge in [0, 0.05) is 25.5 Å². The van der Waals surface area contributed by atoms with Gasteiger partial charge in [-0.1, -0.05) is 30.3 Å². The number of benzene rings is 1. The summed E-state index contributed by atoms with van der Waals surface area (Å²) < 4.78 is 1.68. The quantitative estimate of drug-likeness (QED) is 0.735. The molecule has 2 heterocycles. The number of hydrogen-bond acceptors (Lipinski definition) is 3. The van der Waals surface area contributed by atoms with Crippen molar-refractivity contribution in [2.75, 3.05) is 0 Å². The second kappa shape index (κ2) is 8.00. The Bertz CT molecular complexity index is 908. The third-order valence-electron chi connectivity index (χ3n) is 5.77. The predicted molar refractivity (Wildman–Crippen MR) is 108 cm³/mol. The Morgan fingerprint density at radius 3 is 2.57 bits per heavy atom. The lowest BCUT2D eigenvalue weighted by Crippen LogP contribution is -2.42. The van der Waals surface area contributed by atoms with Crippen LogP contribution in [0.15, 0.2) is 48.8 Å². The van der Waals surface area contributed by atoms with E-state index in [4.69, 9.17) is 0 Å². The lowest BCUT2D eigenvalue weighted by molar-refractivity contribution is 0.0588. The number of aromatic nitrogens is 4. The van der Waals surface area contributed by atoms with Crippen LogP contribution in [0.3, 0.4) is 0 Å². The number of rotatable bonds is 5. The van der Waals surface area contributed by atoms with Crippen molar-refractivity contribution < 1.29 is 4.79 Å². The van der Waals surface area contributed by atoms with Crippen molar-refractivity contribution in [2.24, 2.45) is 7.05 Å². The molecule has 0 bridgehead atoms. The first-order valence-electron chi connectivity index (χ1n) is 9.96. The van der Waals surface area contributed by atoms with Crippen LogP contribution in [0.2, 0.25) is 0 Å². The predicted octanol–water partition coefficient (Wildman–Crippen LogP) is 3.82. The van der Waals surface area contributed by atoms with Crippen LogP contribution in [0.5, 0.6) is 0 Å². The summed E-state index contributed by atoms with van der Waals surface area (Å²) in [6, 6.07) is 12.8. The van der Waals surface area contributed by atoms with Gasteiger partial charge in [-0.25, -0.2) is 4.98 Å². The third kappa shape index (κ3) is 3.86. The molecule has 1 saturated carbocycles. The molecule has 0 radical (unpaired) electrons. The van der Waals surface area contributed by atoms with Crippen molar-refractivity contribution in [3.8, 4) is 0 Å². The monoisotopic (exact) mass is 377 g/mol. The van der Waals surface area contributed by atoms with Crippen LogP contribution in [0.25, 0.3) is 0 Å². The Morgan fingerprint density at radius 2 is 1.96 bits per heavy atom. The van der Waals surface area contributed by atoms with Gasteiger partial charge in [-0.15, -0.1) is 0 Å². The molecule has 1 aliphatic carbocycles. The van der Waals surface area contributed by atoms with Gasteiger partial charge in [-0.2, -0.15) is 5.10 Å². The summed E-state index contributed by atoms with van der Waals surface area (Å²) in [6.45, 7) is 2.41. The molecular formula is C22H27N5O. The molecule has 1 aliphatic rings. The first-order chi connectivity index (χ1) is 13.6. The van der Waals surface area contributed by atoms with Gasteiger partial charge in [0.1, 0.15) is 11.5 Å². The van der Waals surface area contributed by atoms with Gasteiger partial charge < -0.3 is 9.88 Å². The van der Waals surface area contributed by atoms with Crippen LogP contribution in [-0.2, 0) is 13.6 Å². The van der Waals surface area contributed by atoms with E-state index in [9.17, 15) is 4.79 Å². The van der Waals surface area contributed by atoms with E-state index in [0.29, 0.717) is 18.2 Å². The number of nitrogens with one attached hydrogen (secondary N) is 1. The number of hydrogen-bond donors (Lipinski definition) is 1. The van der Waals surface area contributed by atoms with Gasteiger partial charge in [0.15, 0.2) is 0 Å². The Labute approximate surface area is 165 Å². The zero-order valence-corrected chi connectivity index (χ0v) is 16.5. The molecule has 1 N–H and O–H groups in total.